The van der Waals surface area contributed by atoms with E-state index >= 15 is 0 Å². The van der Waals surface area contributed by atoms with Crippen molar-refractivity contribution in [3.63, 3.8) is 0 Å². The summed E-state index contributed by atoms with van der Waals surface area (Å²) in [6.45, 7) is 7.10. The molecular formula is C22H24F3NO5. The van der Waals surface area contributed by atoms with Gasteiger partial charge in [-0.1, -0.05) is 12.1 Å². The van der Waals surface area contributed by atoms with E-state index in [2.05, 4.69) is 5.32 Å². The van der Waals surface area contributed by atoms with Crippen molar-refractivity contribution in [1.29, 1.82) is 0 Å². The van der Waals surface area contributed by atoms with Crippen molar-refractivity contribution in [2.75, 3.05) is 6.54 Å². The average Bonchev–Trinajstić information content (AvgIpc) is 2.64. The number of carbonyl (C=O) groups is 2. The van der Waals surface area contributed by atoms with Gasteiger partial charge in [0.25, 0.3) is 0 Å². The molecule has 0 radical (unpaired) electrons. The number of amides is 1. The largest absolute Gasteiger partial charge is 0.489 e. The molecule has 2 rings (SSSR count). The maximum Gasteiger partial charge on any atom is 0.417 e. The van der Waals surface area contributed by atoms with Crippen molar-refractivity contribution in [3.8, 4) is 16.9 Å². The van der Waals surface area contributed by atoms with E-state index in [1.165, 1.54) is 24.3 Å². The molecule has 0 spiro atoms. The molecule has 0 saturated carbocycles. The lowest BCUT2D eigenvalue weighted by atomic mass is 9.96. The fourth-order valence-electron chi connectivity index (χ4n) is 2.69. The number of carboxylic acid groups (broad SMARTS) is 1. The molecule has 0 heterocycles. The van der Waals surface area contributed by atoms with Crippen LogP contribution in [0.5, 0.6) is 5.75 Å². The SMILES string of the molecule is C[C@@H](CNC(=O)OC(C)(C)C)Oc1ccc(-c2cc(C(=O)O)ccc2C(F)(F)F)cc1. The predicted molar refractivity (Wildman–Crippen MR) is 108 cm³/mol. The van der Waals surface area contributed by atoms with Gasteiger partial charge in [-0.25, -0.2) is 9.59 Å². The Morgan fingerprint density at radius 2 is 1.68 bits per heavy atom. The molecule has 0 fully saturated rings. The first-order valence-electron chi connectivity index (χ1n) is 9.45. The van der Waals surface area contributed by atoms with Gasteiger partial charge in [0, 0.05) is 0 Å². The van der Waals surface area contributed by atoms with Gasteiger partial charge in [-0.15, -0.1) is 0 Å². The summed E-state index contributed by atoms with van der Waals surface area (Å²) in [4.78, 5) is 22.8. The molecule has 0 aliphatic rings. The van der Waals surface area contributed by atoms with Crippen molar-refractivity contribution in [2.45, 2.75) is 45.6 Å². The highest BCUT2D eigenvalue weighted by atomic mass is 19.4. The fourth-order valence-corrected chi connectivity index (χ4v) is 2.69. The van der Waals surface area contributed by atoms with E-state index in [0.29, 0.717) is 5.75 Å². The first kappa shape index (κ1) is 24.0. The number of nitrogens with one attached hydrogen (secondary N) is 1. The van der Waals surface area contributed by atoms with Crippen LogP contribution in [0.25, 0.3) is 11.1 Å². The van der Waals surface area contributed by atoms with Gasteiger partial charge < -0.3 is 19.9 Å². The number of halogens is 3. The molecule has 0 aliphatic heterocycles. The lowest BCUT2D eigenvalue weighted by molar-refractivity contribution is -0.137. The zero-order chi connectivity index (χ0) is 23.4. The summed E-state index contributed by atoms with van der Waals surface area (Å²) in [5.41, 5.74) is -1.84. The van der Waals surface area contributed by atoms with E-state index in [9.17, 15) is 22.8 Å². The Morgan fingerprint density at radius 1 is 1.06 bits per heavy atom. The summed E-state index contributed by atoms with van der Waals surface area (Å²) in [5, 5.41) is 11.7. The maximum atomic E-state index is 13.4. The number of rotatable bonds is 6. The van der Waals surface area contributed by atoms with Gasteiger partial charge in [-0.3, -0.25) is 0 Å². The minimum atomic E-state index is -4.64. The molecule has 2 aromatic carbocycles. The summed E-state index contributed by atoms with van der Waals surface area (Å²) in [6.07, 6.45) is -5.65. The zero-order valence-corrected chi connectivity index (χ0v) is 17.5. The smallest absolute Gasteiger partial charge is 0.417 e. The van der Waals surface area contributed by atoms with Crippen LogP contribution in [-0.4, -0.2) is 35.4 Å². The molecule has 0 aliphatic carbocycles. The number of benzene rings is 2. The van der Waals surface area contributed by atoms with Gasteiger partial charge >= 0.3 is 18.2 Å². The Labute approximate surface area is 178 Å². The molecule has 1 atom stereocenters. The van der Waals surface area contributed by atoms with Crippen LogP contribution in [0.4, 0.5) is 18.0 Å². The molecule has 168 valence electrons. The lowest BCUT2D eigenvalue weighted by Gasteiger charge is -2.21. The highest BCUT2D eigenvalue weighted by Crippen LogP contribution is 2.38. The van der Waals surface area contributed by atoms with Crippen LogP contribution in [0.1, 0.15) is 43.6 Å². The second-order valence-electron chi connectivity index (χ2n) is 7.90. The first-order valence-corrected chi connectivity index (χ1v) is 9.45. The van der Waals surface area contributed by atoms with Crippen molar-refractivity contribution in [2.24, 2.45) is 0 Å². The molecule has 9 heteroatoms. The summed E-state index contributed by atoms with van der Waals surface area (Å²) < 4.78 is 50.8. The molecule has 0 bridgehead atoms. The minimum absolute atomic E-state index is 0.162. The standard InChI is InChI=1S/C22H24F3NO5/c1-13(12-26-20(29)31-21(2,3)4)30-16-8-5-14(6-9-16)17-11-15(19(27)28)7-10-18(17)22(23,24)25/h5-11,13H,12H2,1-4H3,(H,26,29)(H,27,28)/t13-/m0/s1. The second-order valence-corrected chi connectivity index (χ2v) is 7.90. The number of alkyl halides is 3. The van der Waals surface area contributed by atoms with E-state index in [4.69, 9.17) is 14.6 Å². The van der Waals surface area contributed by atoms with Gasteiger partial charge in [-0.2, -0.15) is 13.2 Å². The molecular weight excluding hydrogens is 415 g/mol. The van der Waals surface area contributed by atoms with Crippen LogP contribution >= 0.6 is 0 Å². The molecule has 2 N–H and O–H groups in total. The lowest BCUT2D eigenvalue weighted by Crippen LogP contribution is -2.37. The van der Waals surface area contributed by atoms with Crippen LogP contribution < -0.4 is 10.1 Å². The van der Waals surface area contributed by atoms with Crippen LogP contribution in [0.15, 0.2) is 42.5 Å². The van der Waals surface area contributed by atoms with Crippen molar-refractivity contribution < 1.29 is 37.3 Å². The summed E-state index contributed by atoms with van der Waals surface area (Å²) in [6, 6.07) is 8.46. The van der Waals surface area contributed by atoms with E-state index < -0.39 is 35.5 Å². The highest BCUT2D eigenvalue weighted by Gasteiger charge is 2.34. The number of alkyl carbamates (subject to hydrolysis) is 1. The van der Waals surface area contributed by atoms with Gasteiger partial charge in [0.15, 0.2) is 0 Å². The molecule has 0 unspecified atom stereocenters. The van der Waals surface area contributed by atoms with Crippen LogP contribution in [0, 0.1) is 0 Å². The Balaban J connectivity index is 2.12. The Bertz CT molecular complexity index is 934. The predicted octanol–water partition coefficient (Wildman–Crippen LogP) is 5.36. The summed E-state index contributed by atoms with van der Waals surface area (Å²) in [5.74, 6) is -0.938. The molecule has 1 amide bonds. The second kappa shape index (κ2) is 9.28. The number of carbonyl (C=O) groups excluding carboxylic acids is 1. The molecule has 0 aromatic heterocycles. The van der Waals surface area contributed by atoms with Crippen molar-refractivity contribution in [1.82, 2.24) is 5.32 Å². The molecule has 31 heavy (non-hydrogen) atoms. The third-order valence-corrected chi connectivity index (χ3v) is 4.01. The first-order chi connectivity index (χ1) is 14.3. The zero-order valence-electron chi connectivity index (χ0n) is 17.5. The number of carboxylic acids is 1. The van der Waals surface area contributed by atoms with E-state index in [1.807, 2.05) is 0 Å². The Kier molecular flexibility index (Phi) is 7.20. The maximum absolute atomic E-state index is 13.4. The molecule has 0 saturated heterocycles. The number of aromatic carboxylic acids is 1. The fraction of sp³-hybridized carbons (Fsp3) is 0.364. The van der Waals surface area contributed by atoms with Gasteiger partial charge in [0.2, 0.25) is 0 Å². The quantitative estimate of drug-likeness (QED) is 0.633. The topological polar surface area (TPSA) is 84.9 Å². The van der Waals surface area contributed by atoms with Gasteiger partial charge in [-0.05, 0) is 69.2 Å². The average molecular weight is 439 g/mol. The van der Waals surface area contributed by atoms with E-state index in [-0.39, 0.29) is 23.2 Å². The number of hydrogen-bond donors (Lipinski definition) is 2. The molecule has 2 aromatic rings. The van der Waals surface area contributed by atoms with Gasteiger partial charge in [0.1, 0.15) is 17.5 Å². The number of hydrogen-bond acceptors (Lipinski definition) is 4. The van der Waals surface area contributed by atoms with Crippen LogP contribution in [0.3, 0.4) is 0 Å². The Hall–Kier alpha value is -3.23. The van der Waals surface area contributed by atoms with Crippen LogP contribution in [-0.2, 0) is 10.9 Å². The minimum Gasteiger partial charge on any atom is -0.489 e. The monoisotopic (exact) mass is 439 g/mol. The third-order valence-electron chi connectivity index (χ3n) is 4.01. The Morgan fingerprint density at radius 3 is 2.19 bits per heavy atom. The highest BCUT2D eigenvalue weighted by molar-refractivity contribution is 5.90. The van der Waals surface area contributed by atoms with Crippen molar-refractivity contribution in [3.05, 3.63) is 53.6 Å². The van der Waals surface area contributed by atoms with E-state index in [0.717, 1.165) is 18.2 Å². The third kappa shape index (κ3) is 7.20. The van der Waals surface area contributed by atoms with Crippen LogP contribution in [0.2, 0.25) is 0 Å². The normalized spacial score (nSPS) is 12.7. The molecule has 6 nitrogen and oxygen atoms in total. The summed E-state index contributed by atoms with van der Waals surface area (Å²) in [7, 11) is 0. The summed E-state index contributed by atoms with van der Waals surface area (Å²) >= 11 is 0. The van der Waals surface area contributed by atoms with E-state index in [1.54, 1.807) is 27.7 Å². The van der Waals surface area contributed by atoms with Gasteiger partial charge in [0.05, 0.1) is 17.7 Å². The number of ether oxygens (including phenoxy) is 2. The van der Waals surface area contributed by atoms with Crippen molar-refractivity contribution >= 4 is 12.1 Å².